The molecule has 3 nitrogen and oxygen atoms in total. The highest BCUT2D eigenvalue weighted by Crippen LogP contribution is 2.53. The molecule has 0 aromatic rings. The van der Waals surface area contributed by atoms with Crippen molar-refractivity contribution in [2.75, 3.05) is 0 Å². The van der Waals surface area contributed by atoms with Gasteiger partial charge >= 0.3 is 0 Å². The molecule has 24 heavy (non-hydrogen) atoms. The van der Waals surface area contributed by atoms with Gasteiger partial charge < -0.3 is 9.16 Å². The standard InChI is InChI=1S/C20H34O3Si/c1-12(2)24(13(3)4,14(5)6)23-18-10-8-15-16-9-11-17(22-16)20(18,7)19(15)21/h9,11-18H,8,10H2,1-7H3/t15-,16-,17+,18+,20-/m0/s1. The van der Waals surface area contributed by atoms with Crippen LogP contribution in [0.2, 0.25) is 16.6 Å². The van der Waals surface area contributed by atoms with Crippen molar-refractivity contribution in [1.29, 1.82) is 0 Å². The lowest BCUT2D eigenvalue weighted by atomic mass is 9.63. The molecule has 2 aliphatic heterocycles. The minimum atomic E-state index is -2.01. The van der Waals surface area contributed by atoms with Crippen LogP contribution in [0, 0.1) is 11.3 Å². The number of carbonyl (C=O) groups excluding carboxylic acids is 1. The van der Waals surface area contributed by atoms with E-state index in [-0.39, 0.29) is 24.2 Å². The maximum absolute atomic E-state index is 13.2. The lowest BCUT2D eigenvalue weighted by molar-refractivity contribution is -0.181. The van der Waals surface area contributed by atoms with Gasteiger partial charge in [0.2, 0.25) is 8.32 Å². The second-order valence-electron chi connectivity index (χ2n) is 9.16. The molecule has 1 saturated carbocycles. The molecule has 0 aromatic carbocycles. The third-order valence-electron chi connectivity index (χ3n) is 7.10. The summed E-state index contributed by atoms with van der Waals surface area (Å²) in [7, 11) is -2.01. The van der Waals surface area contributed by atoms with Crippen molar-refractivity contribution in [3.8, 4) is 0 Å². The molecule has 0 amide bonds. The number of ketones is 1. The van der Waals surface area contributed by atoms with Crippen molar-refractivity contribution < 1.29 is 14.0 Å². The van der Waals surface area contributed by atoms with Crippen LogP contribution in [0.15, 0.2) is 12.2 Å². The summed E-state index contributed by atoms with van der Waals surface area (Å²) in [4.78, 5) is 13.2. The summed E-state index contributed by atoms with van der Waals surface area (Å²) in [5.41, 5.74) is 1.09. The van der Waals surface area contributed by atoms with E-state index in [0.29, 0.717) is 22.4 Å². The first-order valence-corrected chi connectivity index (χ1v) is 11.9. The van der Waals surface area contributed by atoms with Crippen LogP contribution in [0.3, 0.4) is 0 Å². The van der Waals surface area contributed by atoms with Crippen LogP contribution < -0.4 is 0 Å². The summed E-state index contributed by atoms with van der Waals surface area (Å²) >= 11 is 0. The van der Waals surface area contributed by atoms with Crippen molar-refractivity contribution in [3.05, 3.63) is 12.2 Å². The first kappa shape index (κ1) is 18.3. The summed E-state index contributed by atoms with van der Waals surface area (Å²) in [6.07, 6.45) is 6.03. The quantitative estimate of drug-likeness (QED) is 0.524. The molecule has 3 aliphatic rings. The van der Waals surface area contributed by atoms with E-state index in [9.17, 15) is 4.79 Å². The number of fused-ring (bicyclic) bond motifs is 6. The zero-order valence-electron chi connectivity index (χ0n) is 16.3. The van der Waals surface area contributed by atoms with Crippen LogP contribution in [-0.4, -0.2) is 32.4 Å². The predicted octanol–water partition coefficient (Wildman–Crippen LogP) is 4.87. The van der Waals surface area contributed by atoms with Gasteiger partial charge in [0.1, 0.15) is 5.78 Å². The van der Waals surface area contributed by atoms with E-state index < -0.39 is 13.7 Å². The monoisotopic (exact) mass is 350 g/mol. The zero-order valence-corrected chi connectivity index (χ0v) is 17.3. The summed E-state index contributed by atoms with van der Waals surface area (Å²) in [6.45, 7) is 16.0. The second kappa shape index (κ2) is 6.06. The fourth-order valence-corrected chi connectivity index (χ4v) is 11.5. The Morgan fingerprint density at radius 1 is 1.08 bits per heavy atom. The second-order valence-corrected chi connectivity index (χ2v) is 14.6. The Bertz CT molecular complexity index is 517. The van der Waals surface area contributed by atoms with Gasteiger partial charge in [-0.25, -0.2) is 0 Å². The fourth-order valence-electron chi connectivity index (χ4n) is 5.83. The lowest BCUT2D eigenvalue weighted by Gasteiger charge is -2.54. The third-order valence-corrected chi connectivity index (χ3v) is 13.2. The van der Waals surface area contributed by atoms with Crippen LogP contribution in [0.4, 0.5) is 0 Å². The topological polar surface area (TPSA) is 35.5 Å². The van der Waals surface area contributed by atoms with E-state index in [1.54, 1.807) is 0 Å². The van der Waals surface area contributed by atoms with Crippen LogP contribution in [-0.2, 0) is 14.0 Å². The Morgan fingerprint density at radius 2 is 1.67 bits per heavy atom. The molecule has 1 saturated heterocycles. The van der Waals surface area contributed by atoms with Gasteiger partial charge in [0.25, 0.3) is 0 Å². The van der Waals surface area contributed by atoms with Crippen LogP contribution in [0.25, 0.3) is 0 Å². The maximum atomic E-state index is 13.2. The first-order chi connectivity index (χ1) is 11.2. The van der Waals surface area contributed by atoms with Crippen LogP contribution in [0.1, 0.15) is 61.3 Å². The molecule has 0 aromatic heterocycles. The van der Waals surface area contributed by atoms with E-state index >= 15 is 0 Å². The number of hydrogen-bond donors (Lipinski definition) is 0. The van der Waals surface area contributed by atoms with Crippen molar-refractivity contribution in [2.24, 2.45) is 11.3 Å². The van der Waals surface area contributed by atoms with Gasteiger partial charge in [-0.15, -0.1) is 0 Å². The number of Topliss-reactive ketones (excluding diaryl/α,β-unsaturated/α-hetero) is 1. The Hall–Kier alpha value is -0.453. The minimum Gasteiger partial charge on any atom is -0.412 e. The summed E-state index contributed by atoms with van der Waals surface area (Å²) in [5, 5.41) is 0. The molecule has 3 rings (SSSR count). The smallest absolute Gasteiger partial charge is 0.200 e. The van der Waals surface area contributed by atoms with E-state index in [4.69, 9.17) is 9.16 Å². The van der Waals surface area contributed by atoms with E-state index in [1.807, 2.05) is 0 Å². The molecule has 4 bridgehead atoms. The Morgan fingerprint density at radius 3 is 2.21 bits per heavy atom. The van der Waals surface area contributed by atoms with Crippen LogP contribution in [0.5, 0.6) is 0 Å². The molecule has 2 fully saturated rings. The van der Waals surface area contributed by atoms with E-state index in [1.165, 1.54) is 0 Å². The first-order valence-electron chi connectivity index (χ1n) is 9.71. The Labute approximate surface area is 148 Å². The fraction of sp³-hybridized carbons (Fsp3) is 0.850. The lowest BCUT2D eigenvalue weighted by Crippen LogP contribution is -2.64. The maximum Gasteiger partial charge on any atom is 0.200 e. The number of ether oxygens (including phenoxy) is 1. The number of rotatable bonds is 5. The number of carbonyl (C=O) groups is 1. The van der Waals surface area contributed by atoms with E-state index in [2.05, 4.69) is 60.6 Å². The van der Waals surface area contributed by atoms with Gasteiger partial charge in [0.15, 0.2) is 0 Å². The van der Waals surface area contributed by atoms with Gasteiger partial charge in [-0.1, -0.05) is 53.7 Å². The molecule has 136 valence electrons. The molecule has 5 atom stereocenters. The third kappa shape index (κ3) is 2.33. The SMILES string of the molecule is CC(C)[Si](O[C@@H]1CC[C@@H]2C(=O)[C@@]1(C)[C@H]1C=C[C@@H]2O1)(C(C)C)C(C)C. The molecule has 0 spiro atoms. The highest BCUT2D eigenvalue weighted by Gasteiger charge is 2.62. The van der Waals surface area contributed by atoms with Crippen molar-refractivity contribution in [1.82, 2.24) is 0 Å². The minimum absolute atomic E-state index is 0.00573. The molecule has 4 heteroatoms. The van der Waals surface area contributed by atoms with Crippen molar-refractivity contribution >= 4 is 14.1 Å². The molecule has 1 aliphatic carbocycles. The van der Waals surface area contributed by atoms with Gasteiger partial charge in [-0.05, 0) is 36.4 Å². The summed E-state index contributed by atoms with van der Waals surface area (Å²) < 4.78 is 13.2. The Balaban J connectivity index is 1.97. The Kier molecular flexibility index (Phi) is 4.63. The molecular weight excluding hydrogens is 316 g/mol. The highest BCUT2D eigenvalue weighted by atomic mass is 28.4. The molecule has 0 radical (unpaired) electrons. The molecular formula is C20H34O3Si. The van der Waals surface area contributed by atoms with Crippen LogP contribution >= 0.6 is 0 Å². The summed E-state index contributed by atoms with van der Waals surface area (Å²) in [6, 6.07) is 0. The largest absolute Gasteiger partial charge is 0.412 e. The predicted molar refractivity (Wildman–Crippen MR) is 99.6 cm³/mol. The van der Waals surface area contributed by atoms with Gasteiger partial charge in [0.05, 0.1) is 23.7 Å². The zero-order chi connectivity index (χ0) is 17.9. The van der Waals surface area contributed by atoms with Gasteiger partial charge in [0, 0.05) is 5.92 Å². The highest BCUT2D eigenvalue weighted by molar-refractivity contribution is 6.77. The normalized spacial score (nSPS) is 38.7. The molecule has 0 unspecified atom stereocenters. The van der Waals surface area contributed by atoms with Gasteiger partial charge in [-0.2, -0.15) is 0 Å². The van der Waals surface area contributed by atoms with Crippen molar-refractivity contribution in [3.63, 3.8) is 0 Å². The number of hydrogen-bond acceptors (Lipinski definition) is 3. The van der Waals surface area contributed by atoms with Gasteiger partial charge in [-0.3, -0.25) is 4.79 Å². The average Bonchev–Trinajstić information content (AvgIpc) is 2.94. The summed E-state index contributed by atoms with van der Waals surface area (Å²) in [5.74, 6) is 0.419. The molecule has 2 heterocycles. The van der Waals surface area contributed by atoms with Crippen molar-refractivity contribution in [2.45, 2.75) is 96.2 Å². The average molecular weight is 351 g/mol. The molecule has 0 N–H and O–H groups in total. The van der Waals surface area contributed by atoms with E-state index in [0.717, 1.165) is 12.8 Å².